The molecule has 5 heteroatoms. The molecule has 0 N–H and O–H groups in total. The number of rotatable bonds is 6. The van der Waals surface area contributed by atoms with Crippen LogP contribution in [0, 0.1) is 0 Å². The van der Waals surface area contributed by atoms with E-state index in [0.29, 0.717) is 32.7 Å². The van der Waals surface area contributed by atoms with Crippen molar-refractivity contribution in [2.24, 2.45) is 0 Å². The standard InChI is InChI=1S/C20H23NO4/c1-23-17-7-9-18(10-8-17)25-15-19-14-21(11-12-24-19)20(22)13-16-5-3-2-4-6-16/h2-10,19H,11-15H2,1H3. The van der Waals surface area contributed by atoms with Crippen LogP contribution in [0.2, 0.25) is 0 Å². The Balaban J connectivity index is 1.49. The fourth-order valence-electron chi connectivity index (χ4n) is 2.79. The van der Waals surface area contributed by atoms with Gasteiger partial charge in [-0.15, -0.1) is 0 Å². The number of nitrogens with zero attached hydrogens (tertiary/aromatic N) is 1. The average Bonchev–Trinajstić information content (AvgIpc) is 2.68. The summed E-state index contributed by atoms with van der Waals surface area (Å²) in [6.45, 7) is 2.14. The van der Waals surface area contributed by atoms with Gasteiger partial charge in [0.05, 0.1) is 26.7 Å². The van der Waals surface area contributed by atoms with Crippen molar-refractivity contribution >= 4 is 5.91 Å². The highest BCUT2D eigenvalue weighted by molar-refractivity contribution is 5.78. The van der Waals surface area contributed by atoms with Gasteiger partial charge in [0.2, 0.25) is 5.91 Å². The topological polar surface area (TPSA) is 48.0 Å². The zero-order valence-corrected chi connectivity index (χ0v) is 14.4. The first-order chi connectivity index (χ1) is 12.2. The van der Waals surface area contributed by atoms with Crippen LogP contribution < -0.4 is 9.47 Å². The zero-order valence-electron chi connectivity index (χ0n) is 14.4. The van der Waals surface area contributed by atoms with Gasteiger partial charge in [-0.2, -0.15) is 0 Å². The third-order valence-corrected chi connectivity index (χ3v) is 4.18. The van der Waals surface area contributed by atoms with Crippen LogP contribution in [0.25, 0.3) is 0 Å². The Kier molecular flexibility index (Phi) is 5.90. The second-order valence-corrected chi connectivity index (χ2v) is 5.98. The van der Waals surface area contributed by atoms with E-state index in [0.717, 1.165) is 17.1 Å². The minimum Gasteiger partial charge on any atom is -0.497 e. The molecule has 1 amide bonds. The second-order valence-electron chi connectivity index (χ2n) is 5.98. The number of methoxy groups -OCH3 is 1. The van der Waals surface area contributed by atoms with E-state index in [1.807, 2.05) is 59.5 Å². The summed E-state index contributed by atoms with van der Waals surface area (Å²) in [4.78, 5) is 14.3. The van der Waals surface area contributed by atoms with Crippen LogP contribution in [0.3, 0.4) is 0 Å². The molecule has 132 valence electrons. The van der Waals surface area contributed by atoms with E-state index in [-0.39, 0.29) is 12.0 Å². The zero-order chi connectivity index (χ0) is 17.5. The summed E-state index contributed by atoms with van der Waals surface area (Å²) in [5, 5.41) is 0. The van der Waals surface area contributed by atoms with E-state index in [1.54, 1.807) is 7.11 Å². The minimum atomic E-state index is -0.115. The normalized spacial score (nSPS) is 17.2. The van der Waals surface area contributed by atoms with Crippen molar-refractivity contribution in [2.45, 2.75) is 12.5 Å². The van der Waals surface area contributed by atoms with Crippen LogP contribution in [-0.2, 0) is 16.0 Å². The monoisotopic (exact) mass is 341 g/mol. The number of carbonyl (C=O) groups is 1. The number of carbonyl (C=O) groups excluding carboxylic acids is 1. The molecule has 1 aliphatic heterocycles. The molecule has 2 aromatic rings. The summed E-state index contributed by atoms with van der Waals surface area (Å²) in [5.74, 6) is 1.68. The number of amides is 1. The highest BCUT2D eigenvalue weighted by Gasteiger charge is 2.24. The van der Waals surface area contributed by atoms with E-state index in [9.17, 15) is 4.79 Å². The van der Waals surface area contributed by atoms with Crippen LogP contribution in [-0.4, -0.2) is 50.3 Å². The van der Waals surface area contributed by atoms with Crippen molar-refractivity contribution in [3.8, 4) is 11.5 Å². The first-order valence-corrected chi connectivity index (χ1v) is 8.45. The summed E-state index contributed by atoms with van der Waals surface area (Å²) in [6, 6.07) is 17.2. The Morgan fingerprint density at radius 1 is 1.12 bits per heavy atom. The van der Waals surface area contributed by atoms with E-state index < -0.39 is 0 Å². The van der Waals surface area contributed by atoms with Crippen LogP contribution in [0.4, 0.5) is 0 Å². The fraction of sp³-hybridized carbons (Fsp3) is 0.350. The van der Waals surface area contributed by atoms with Crippen molar-refractivity contribution < 1.29 is 19.0 Å². The first kappa shape index (κ1) is 17.3. The van der Waals surface area contributed by atoms with Gasteiger partial charge in [0, 0.05) is 6.54 Å². The lowest BCUT2D eigenvalue weighted by atomic mass is 10.1. The van der Waals surface area contributed by atoms with Gasteiger partial charge in [0.15, 0.2) is 0 Å². The fourth-order valence-corrected chi connectivity index (χ4v) is 2.79. The number of benzene rings is 2. The van der Waals surface area contributed by atoms with Gasteiger partial charge in [0.1, 0.15) is 24.2 Å². The maximum atomic E-state index is 12.5. The van der Waals surface area contributed by atoms with Crippen molar-refractivity contribution in [1.82, 2.24) is 4.90 Å². The van der Waals surface area contributed by atoms with Gasteiger partial charge in [0.25, 0.3) is 0 Å². The van der Waals surface area contributed by atoms with Crippen molar-refractivity contribution in [1.29, 1.82) is 0 Å². The molecule has 1 atom stereocenters. The molecule has 1 heterocycles. The Labute approximate surface area is 148 Å². The predicted octanol–water partition coefficient (Wildman–Crippen LogP) is 2.54. The number of morpholine rings is 1. The van der Waals surface area contributed by atoms with Crippen molar-refractivity contribution in [3.63, 3.8) is 0 Å². The smallest absolute Gasteiger partial charge is 0.227 e. The van der Waals surface area contributed by atoms with Crippen molar-refractivity contribution in [2.75, 3.05) is 33.4 Å². The molecule has 1 aliphatic rings. The third-order valence-electron chi connectivity index (χ3n) is 4.18. The van der Waals surface area contributed by atoms with E-state index >= 15 is 0 Å². The molecule has 3 rings (SSSR count). The van der Waals surface area contributed by atoms with Gasteiger partial charge in [-0.05, 0) is 29.8 Å². The van der Waals surface area contributed by atoms with Gasteiger partial charge in [-0.25, -0.2) is 0 Å². The molecule has 0 radical (unpaired) electrons. The molecule has 5 nitrogen and oxygen atoms in total. The van der Waals surface area contributed by atoms with Gasteiger partial charge in [-0.1, -0.05) is 30.3 Å². The maximum absolute atomic E-state index is 12.5. The summed E-state index contributed by atoms with van der Waals surface area (Å²) in [6.07, 6.45) is 0.308. The second kappa shape index (κ2) is 8.53. The maximum Gasteiger partial charge on any atom is 0.227 e. The summed E-state index contributed by atoms with van der Waals surface area (Å²) >= 11 is 0. The number of ether oxygens (including phenoxy) is 3. The Hall–Kier alpha value is -2.53. The van der Waals surface area contributed by atoms with Gasteiger partial charge >= 0.3 is 0 Å². The Morgan fingerprint density at radius 2 is 1.84 bits per heavy atom. The average molecular weight is 341 g/mol. The molecule has 1 saturated heterocycles. The molecule has 1 unspecified atom stereocenters. The largest absolute Gasteiger partial charge is 0.497 e. The summed E-state index contributed by atoms with van der Waals surface area (Å²) in [5.41, 5.74) is 1.03. The predicted molar refractivity (Wildman–Crippen MR) is 95.0 cm³/mol. The minimum absolute atomic E-state index is 0.115. The Morgan fingerprint density at radius 3 is 2.56 bits per heavy atom. The molecule has 0 aromatic heterocycles. The van der Waals surface area contributed by atoms with Crippen molar-refractivity contribution in [3.05, 3.63) is 60.2 Å². The molecule has 2 aromatic carbocycles. The van der Waals surface area contributed by atoms with Crippen LogP contribution >= 0.6 is 0 Å². The SMILES string of the molecule is COc1ccc(OCC2CN(C(=O)Cc3ccccc3)CCO2)cc1. The third kappa shape index (κ3) is 4.97. The lowest BCUT2D eigenvalue weighted by Gasteiger charge is -2.33. The first-order valence-electron chi connectivity index (χ1n) is 8.45. The quantitative estimate of drug-likeness (QED) is 0.810. The summed E-state index contributed by atoms with van der Waals surface area (Å²) in [7, 11) is 1.63. The molecule has 0 spiro atoms. The molecule has 25 heavy (non-hydrogen) atoms. The number of hydrogen-bond donors (Lipinski definition) is 0. The highest BCUT2D eigenvalue weighted by Crippen LogP contribution is 2.18. The van der Waals surface area contributed by atoms with Gasteiger partial charge in [-0.3, -0.25) is 4.79 Å². The Bertz CT molecular complexity index is 672. The molecule has 0 bridgehead atoms. The van der Waals surface area contributed by atoms with Crippen LogP contribution in [0.5, 0.6) is 11.5 Å². The molecule has 0 saturated carbocycles. The lowest BCUT2D eigenvalue weighted by molar-refractivity contribution is -0.139. The molecular formula is C20H23NO4. The molecule has 1 fully saturated rings. The molecular weight excluding hydrogens is 318 g/mol. The van der Waals surface area contributed by atoms with E-state index in [4.69, 9.17) is 14.2 Å². The molecule has 0 aliphatic carbocycles. The highest BCUT2D eigenvalue weighted by atomic mass is 16.5. The van der Waals surface area contributed by atoms with Crippen LogP contribution in [0.15, 0.2) is 54.6 Å². The number of hydrogen-bond acceptors (Lipinski definition) is 4. The lowest BCUT2D eigenvalue weighted by Crippen LogP contribution is -2.48. The van der Waals surface area contributed by atoms with E-state index in [2.05, 4.69) is 0 Å². The summed E-state index contributed by atoms with van der Waals surface area (Å²) < 4.78 is 16.6. The van der Waals surface area contributed by atoms with E-state index in [1.165, 1.54) is 0 Å². The van der Waals surface area contributed by atoms with Gasteiger partial charge < -0.3 is 19.1 Å². The van der Waals surface area contributed by atoms with Crippen LogP contribution in [0.1, 0.15) is 5.56 Å².